The third-order valence-electron chi connectivity index (χ3n) is 4.50. The first-order valence-electron chi connectivity index (χ1n) is 9.09. The maximum atomic E-state index is 6.48. The van der Waals surface area contributed by atoms with E-state index in [9.17, 15) is 0 Å². The fraction of sp³-hybridized carbons (Fsp3) is 0.217. The van der Waals surface area contributed by atoms with Gasteiger partial charge in [-0.3, -0.25) is 0 Å². The van der Waals surface area contributed by atoms with Crippen molar-refractivity contribution >= 4 is 23.2 Å². The summed E-state index contributed by atoms with van der Waals surface area (Å²) in [5.74, 6) is 1.16. The fourth-order valence-corrected chi connectivity index (χ4v) is 3.30. The van der Waals surface area contributed by atoms with Crippen molar-refractivity contribution in [3.05, 3.63) is 93.5 Å². The molecule has 0 spiro atoms. The van der Waals surface area contributed by atoms with Gasteiger partial charge in [0.25, 0.3) is 0 Å². The topological polar surface area (TPSA) is 30.5 Å². The first-order chi connectivity index (χ1) is 13.6. The molecule has 0 heterocycles. The number of hydrogen-bond donors (Lipinski definition) is 1. The Bertz CT molecular complexity index is 898. The number of benzene rings is 3. The number of hydrogen-bond acceptors (Lipinski definition) is 3. The highest BCUT2D eigenvalue weighted by atomic mass is 35.5. The highest BCUT2D eigenvalue weighted by Crippen LogP contribution is 2.37. The van der Waals surface area contributed by atoms with Crippen molar-refractivity contribution in [2.75, 3.05) is 7.11 Å². The molecule has 0 radical (unpaired) electrons. The van der Waals surface area contributed by atoms with Gasteiger partial charge in [0.05, 0.1) is 12.1 Å². The third kappa shape index (κ3) is 5.41. The van der Waals surface area contributed by atoms with E-state index in [-0.39, 0.29) is 6.04 Å². The van der Waals surface area contributed by atoms with E-state index in [1.54, 1.807) is 7.11 Å². The van der Waals surface area contributed by atoms with E-state index in [0.29, 0.717) is 34.7 Å². The Morgan fingerprint density at radius 2 is 1.64 bits per heavy atom. The van der Waals surface area contributed by atoms with Gasteiger partial charge in [0, 0.05) is 17.6 Å². The Kier molecular flexibility index (Phi) is 7.21. The molecule has 5 heteroatoms. The van der Waals surface area contributed by atoms with Gasteiger partial charge >= 0.3 is 0 Å². The molecule has 3 nitrogen and oxygen atoms in total. The van der Waals surface area contributed by atoms with Crippen molar-refractivity contribution in [3.8, 4) is 11.5 Å². The second kappa shape index (κ2) is 9.83. The largest absolute Gasteiger partial charge is 0.493 e. The fourth-order valence-electron chi connectivity index (χ4n) is 2.88. The highest BCUT2D eigenvalue weighted by molar-refractivity contribution is 6.32. The molecule has 0 amide bonds. The molecule has 3 rings (SSSR count). The molecule has 0 fully saturated rings. The summed E-state index contributed by atoms with van der Waals surface area (Å²) in [6, 6.07) is 21.9. The molecule has 0 aliphatic rings. The van der Waals surface area contributed by atoms with E-state index in [4.69, 9.17) is 32.7 Å². The minimum atomic E-state index is 0.229. The Hall–Kier alpha value is -2.20. The van der Waals surface area contributed by atoms with Crippen LogP contribution in [0.25, 0.3) is 0 Å². The number of halogens is 2. The quantitative estimate of drug-likeness (QED) is 0.459. The molecule has 0 saturated carbocycles. The van der Waals surface area contributed by atoms with Crippen LogP contribution in [0, 0.1) is 0 Å². The summed E-state index contributed by atoms with van der Waals surface area (Å²) in [5, 5.41) is 4.73. The molecule has 0 aliphatic carbocycles. The zero-order valence-corrected chi connectivity index (χ0v) is 17.4. The number of ether oxygens (including phenoxy) is 2. The van der Waals surface area contributed by atoms with Crippen molar-refractivity contribution in [2.24, 2.45) is 0 Å². The van der Waals surface area contributed by atoms with Gasteiger partial charge in [-0.15, -0.1) is 0 Å². The van der Waals surface area contributed by atoms with E-state index in [2.05, 4.69) is 24.4 Å². The van der Waals surface area contributed by atoms with Gasteiger partial charge in [0.15, 0.2) is 11.5 Å². The van der Waals surface area contributed by atoms with Crippen LogP contribution in [0.1, 0.15) is 29.7 Å². The predicted octanol–water partition coefficient (Wildman–Crippen LogP) is 6.43. The zero-order valence-electron chi connectivity index (χ0n) is 15.9. The van der Waals surface area contributed by atoms with Crippen LogP contribution in [0.4, 0.5) is 0 Å². The molecular weight excluding hydrogens is 393 g/mol. The SMILES string of the molecule is COc1cc(CN[C@@H](C)c2ccccc2)cc(Cl)c1OCc1ccc(Cl)cc1. The molecule has 0 aromatic heterocycles. The van der Waals surface area contributed by atoms with Crippen molar-refractivity contribution < 1.29 is 9.47 Å². The molecule has 146 valence electrons. The van der Waals surface area contributed by atoms with Crippen molar-refractivity contribution in [2.45, 2.75) is 26.1 Å². The summed E-state index contributed by atoms with van der Waals surface area (Å²) in [6.45, 7) is 3.19. The lowest BCUT2D eigenvalue weighted by atomic mass is 10.1. The van der Waals surface area contributed by atoms with Gasteiger partial charge in [0.1, 0.15) is 6.61 Å². The van der Waals surface area contributed by atoms with Crippen LogP contribution < -0.4 is 14.8 Å². The van der Waals surface area contributed by atoms with Gasteiger partial charge < -0.3 is 14.8 Å². The van der Waals surface area contributed by atoms with Gasteiger partial charge in [-0.2, -0.15) is 0 Å². The van der Waals surface area contributed by atoms with Crippen molar-refractivity contribution in [3.63, 3.8) is 0 Å². The van der Waals surface area contributed by atoms with Crippen LogP contribution in [-0.2, 0) is 13.2 Å². The lowest BCUT2D eigenvalue weighted by molar-refractivity contribution is 0.284. The van der Waals surface area contributed by atoms with Crippen LogP contribution in [-0.4, -0.2) is 7.11 Å². The monoisotopic (exact) mass is 415 g/mol. The molecular formula is C23H23Cl2NO2. The summed E-state index contributed by atoms with van der Waals surface area (Å²) in [7, 11) is 1.62. The van der Waals surface area contributed by atoms with Gasteiger partial charge in [-0.25, -0.2) is 0 Å². The number of methoxy groups -OCH3 is 1. The van der Waals surface area contributed by atoms with Crippen LogP contribution >= 0.6 is 23.2 Å². The molecule has 0 bridgehead atoms. The first-order valence-corrected chi connectivity index (χ1v) is 9.84. The van der Waals surface area contributed by atoms with Crippen LogP contribution in [0.2, 0.25) is 10.0 Å². The van der Waals surface area contributed by atoms with E-state index in [1.807, 2.05) is 54.6 Å². The van der Waals surface area contributed by atoms with Gasteiger partial charge in [0.2, 0.25) is 0 Å². The second-order valence-corrected chi connectivity index (χ2v) is 7.38. The molecule has 0 saturated heterocycles. The van der Waals surface area contributed by atoms with Gasteiger partial charge in [-0.1, -0.05) is 65.7 Å². The highest BCUT2D eigenvalue weighted by Gasteiger charge is 2.13. The van der Waals surface area contributed by atoms with E-state index in [1.165, 1.54) is 5.56 Å². The maximum absolute atomic E-state index is 6.48. The summed E-state index contributed by atoms with van der Waals surface area (Å²) >= 11 is 12.4. The molecule has 1 atom stereocenters. The lowest BCUT2D eigenvalue weighted by Crippen LogP contribution is -2.18. The maximum Gasteiger partial charge on any atom is 0.180 e. The molecule has 3 aromatic carbocycles. The minimum Gasteiger partial charge on any atom is -0.493 e. The summed E-state index contributed by atoms with van der Waals surface area (Å²) in [6.07, 6.45) is 0. The zero-order chi connectivity index (χ0) is 19.9. The molecule has 0 unspecified atom stereocenters. The predicted molar refractivity (Wildman–Crippen MR) is 115 cm³/mol. The first kappa shape index (κ1) is 20.5. The normalized spacial score (nSPS) is 11.9. The van der Waals surface area contributed by atoms with Crippen LogP contribution in [0.3, 0.4) is 0 Å². The molecule has 28 heavy (non-hydrogen) atoms. The average molecular weight is 416 g/mol. The molecule has 0 aliphatic heterocycles. The Labute approximate surface area is 176 Å². The average Bonchev–Trinajstić information content (AvgIpc) is 2.72. The minimum absolute atomic E-state index is 0.229. The Morgan fingerprint density at radius 3 is 2.32 bits per heavy atom. The van der Waals surface area contributed by atoms with Gasteiger partial charge in [-0.05, 0) is 47.9 Å². The summed E-state index contributed by atoms with van der Waals surface area (Å²) < 4.78 is 11.4. The summed E-state index contributed by atoms with van der Waals surface area (Å²) in [5.41, 5.74) is 3.27. The van der Waals surface area contributed by atoms with E-state index < -0.39 is 0 Å². The van der Waals surface area contributed by atoms with Crippen molar-refractivity contribution in [1.82, 2.24) is 5.32 Å². The van der Waals surface area contributed by atoms with E-state index in [0.717, 1.165) is 11.1 Å². The Balaban J connectivity index is 1.67. The number of rotatable bonds is 8. The third-order valence-corrected chi connectivity index (χ3v) is 5.03. The van der Waals surface area contributed by atoms with E-state index >= 15 is 0 Å². The Morgan fingerprint density at radius 1 is 0.929 bits per heavy atom. The lowest BCUT2D eigenvalue weighted by Gasteiger charge is -2.17. The number of nitrogens with one attached hydrogen (secondary N) is 1. The van der Waals surface area contributed by atoms with Crippen molar-refractivity contribution in [1.29, 1.82) is 0 Å². The second-order valence-electron chi connectivity index (χ2n) is 6.54. The molecule has 3 aromatic rings. The molecule has 1 N–H and O–H groups in total. The van der Waals surface area contributed by atoms with Crippen LogP contribution in [0.5, 0.6) is 11.5 Å². The standard InChI is InChI=1S/C23H23Cl2NO2/c1-16(19-6-4-3-5-7-19)26-14-18-12-21(25)23(22(13-18)27-2)28-15-17-8-10-20(24)11-9-17/h3-13,16,26H,14-15H2,1-2H3/t16-/m0/s1. The van der Waals surface area contributed by atoms with Crippen LogP contribution in [0.15, 0.2) is 66.7 Å². The smallest absolute Gasteiger partial charge is 0.180 e. The summed E-state index contributed by atoms with van der Waals surface area (Å²) in [4.78, 5) is 0.